The van der Waals surface area contributed by atoms with Crippen molar-refractivity contribution >= 4 is 15.9 Å². The molecule has 2 rings (SSSR count). The molecule has 88 valence electrons. The van der Waals surface area contributed by atoms with Gasteiger partial charge in [0, 0.05) is 12.6 Å². The third-order valence-electron chi connectivity index (χ3n) is 2.38. The lowest BCUT2D eigenvalue weighted by atomic mass is 10.1. The lowest BCUT2D eigenvalue weighted by Crippen LogP contribution is -1.99. The lowest BCUT2D eigenvalue weighted by molar-refractivity contribution is 0.412. The van der Waals surface area contributed by atoms with Gasteiger partial charge in [0.15, 0.2) is 5.82 Å². The van der Waals surface area contributed by atoms with Crippen LogP contribution in [-0.4, -0.2) is 22.3 Å². The summed E-state index contributed by atoms with van der Waals surface area (Å²) in [5, 5.41) is 7.75. The normalized spacial score (nSPS) is 10.2. The molecule has 0 fully saturated rings. The molecule has 0 aliphatic heterocycles. The van der Waals surface area contributed by atoms with Gasteiger partial charge in [-0.3, -0.25) is 0 Å². The molecular formula is C12H12BrN3O. The number of methoxy groups -OCH3 is 1. The first kappa shape index (κ1) is 12.0. The summed E-state index contributed by atoms with van der Waals surface area (Å²) in [6, 6.07) is 6.04. The van der Waals surface area contributed by atoms with Crippen molar-refractivity contribution in [2.24, 2.45) is 0 Å². The molecule has 1 aromatic heterocycles. The van der Waals surface area contributed by atoms with Crippen LogP contribution in [0.2, 0.25) is 0 Å². The maximum Gasteiger partial charge on any atom is 0.151 e. The predicted octanol–water partition coefficient (Wildman–Crippen LogP) is 2.43. The molecule has 4 nitrogen and oxygen atoms in total. The number of hydrogen-bond acceptors (Lipinski definition) is 4. The molecule has 2 aromatic rings. The quantitative estimate of drug-likeness (QED) is 0.869. The fraction of sp³-hybridized carbons (Fsp3) is 0.250. The van der Waals surface area contributed by atoms with E-state index in [0.717, 1.165) is 28.9 Å². The van der Waals surface area contributed by atoms with Crippen LogP contribution in [0, 0.1) is 0 Å². The van der Waals surface area contributed by atoms with Crippen LogP contribution in [0.3, 0.4) is 0 Å². The second-order valence-corrected chi connectivity index (χ2v) is 4.38. The summed E-state index contributed by atoms with van der Waals surface area (Å²) in [6.07, 6.45) is 4.90. The zero-order valence-electron chi connectivity index (χ0n) is 9.43. The molecule has 5 heteroatoms. The number of nitrogens with zero attached hydrogens (tertiary/aromatic N) is 3. The van der Waals surface area contributed by atoms with Gasteiger partial charge in [0.1, 0.15) is 5.75 Å². The fourth-order valence-corrected chi connectivity index (χ4v) is 2.10. The van der Waals surface area contributed by atoms with E-state index in [-0.39, 0.29) is 0 Å². The van der Waals surface area contributed by atoms with Gasteiger partial charge in [-0.15, -0.1) is 5.10 Å². The summed E-state index contributed by atoms with van der Waals surface area (Å²) in [5.74, 6) is 1.60. The largest absolute Gasteiger partial charge is 0.496 e. The average molecular weight is 294 g/mol. The van der Waals surface area contributed by atoms with Crippen LogP contribution in [0.4, 0.5) is 0 Å². The monoisotopic (exact) mass is 293 g/mol. The van der Waals surface area contributed by atoms with Gasteiger partial charge in [-0.2, -0.15) is 5.10 Å². The van der Waals surface area contributed by atoms with Crippen LogP contribution in [0.15, 0.2) is 35.1 Å². The van der Waals surface area contributed by atoms with Crippen molar-refractivity contribution in [3.05, 3.63) is 46.5 Å². The Labute approximate surface area is 108 Å². The maximum absolute atomic E-state index is 5.18. The molecule has 0 atom stereocenters. The highest BCUT2D eigenvalue weighted by molar-refractivity contribution is 9.10. The topological polar surface area (TPSA) is 47.9 Å². The Balaban J connectivity index is 2.02. The van der Waals surface area contributed by atoms with E-state index in [9.17, 15) is 0 Å². The molecule has 0 saturated heterocycles. The molecule has 0 aliphatic carbocycles. The Morgan fingerprint density at radius 2 is 2.12 bits per heavy atom. The number of aromatic nitrogens is 3. The number of hydrogen-bond donors (Lipinski definition) is 0. The maximum atomic E-state index is 5.18. The van der Waals surface area contributed by atoms with Crippen LogP contribution >= 0.6 is 15.9 Å². The van der Waals surface area contributed by atoms with Crippen LogP contribution in [-0.2, 0) is 12.8 Å². The highest BCUT2D eigenvalue weighted by Crippen LogP contribution is 2.25. The molecule has 1 heterocycles. The number of rotatable bonds is 4. The van der Waals surface area contributed by atoms with E-state index in [1.807, 2.05) is 12.1 Å². The highest BCUT2D eigenvalue weighted by Gasteiger charge is 2.03. The van der Waals surface area contributed by atoms with Gasteiger partial charge in [-0.25, -0.2) is 4.98 Å². The molecule has 0 aliphatic rings. The summed E-state index contributed by atoms with van der Waals surface area (Å²) in [4.78, 5) is 4.14. The van der Waals surface area contributed by atoms with Gasteiger partial charge in [-0.1, -0.05) is 6.07 Å². The van der Waals surface area contributed by atoms with Crippen molar-refractivity contribution in [2.45, 2.75) is 12.8 Å². The summed E-state index contributed by atoms with van der Waals surface area (Å²) in [6.45, 7) is 0. The van der Waals surface area contributed by atoms with Crippen LogP contribution in [0.25, 0.3) is 0 Å². The SMILES string of the molecule is COc1ccc(CCc2nccnn2)cc1Br. The minimum Gasteiger partial charge on any atom is -0.496 e. The molecule has 0 spiro atoms. The Hall–Kier alpha value is -1.49. The fourth-order valence-electron chi connectivity index (χ4n) is 1.51. The van der Waals surface area contributed by atoms with E-state index >= 15 is 0 Å². The Bertz CT molecular complexity index is 490. The van der Waals surface area contributed by atoms with Gasteiger partial charge in [-0.05, 0) is 40.0 Å². The van der Waals surface area contributed by atoms with Gasteiger partial charge < -0.3 is 4.74 Å². The van der Waals surface area contributed by atoms with E-state index in [4.69, 9.17) is 4.74 Å². The van der Waals surface area contributed by atoms with Gasteiger partial charge >= 0.3 is 0 Å². The number of ether oxygens (including phenoxy) is 1. The molecule has 0 bridgehead atoms. The molecule has 0 unspecified atom stereocenters. The van der Waals surface area contributed by atoms with Gasteiger partial charge in [0.25, 0.3) is 0 Å². The summed E-state index contributed by atoms with van der Waals surface area (Å²) in [5.41, 5.74) is 1.21. The molecule has 0 radical (unpaired) electrons. The first-order valence-electron chi connectivity index (χ1n) is 5.24. The lowest BCUT2D eigenvalue weighted by Gasteiger charge is -2.05. The third kappa shape index (κ3) is 3.23. The molecule has 1 aromatic carbocycles. The number of aryl methyl sites for hydroxylation is 2. The zero-order chi connectivity index (χ0) is 12.1. The molecule has 0 saturated carbocycles. The molecule has 17 heavy (non-hydrogen) atoms. The molecule has 0 amide bonds. The smallest absolute Gasteiger partial charge is 0.151 e. The number of benzene rings is 1. The van der Waals surface area contributed by atoms with Crippen LogP contribution < -0.4 is 4.74 Å². The standard InChI is InChI=1S/C12H12BrN3O/c1-17-11-4-2-9(8-10(11)13)3-5-12-14-6-7-15-16-12/h2,4,6-8H,3,5H2,1H3. The van der Waals surface area contributed by atoms with E-state index in [2.05, 4.69) is 37.2 Å². The van der Waals surface area contributed by atoms with E-state index < -0.39 is 0 Å². The highest BCUT2D eigenvalue weighted by atomic mass is 79.9. The van der Waals surface area contributed by atoms with Gasteiger partial charge in [0.05, 0.1) is 17.8 Å². The second-order valence-electron chi connectivity index (χ2n) is 3.53. The zero-order valence-corrected chi connectivity index (χ0v) is 11.0. The minimum absolute atomic E-state index is 0.763. The minimum atomic E-state index is 0.763. The predicted molar refractivity (Wildman–Crippen MR) is 67.9 cm³/mol. The van der Waals surface area contributed by atoms with Crippen molar-refractivity contribution < 1.29 is 4.74 Å². The summed E-state index contributed by atoms with van der Waals surface area (Å²) in [7, 11) is 1.66. The van der Waals surface area contributed by atoms with Crippen molar-refractivity contribution in [1.82, 2.24) is 15.2 Å². The van der Waals surface area contributed by atoms with Gasteiger partial charge in [0.2, 0.25) is 0 Å². The van der Waals surface area contributed by atoms with E-state index in [0.29, 0.717) is 0 Å². The van der Waals surface area contributed by atoms with E-state index in [1.54, 1.807) is 19.5 Å². The van der Waals surface area contributed by atoms with Crippen molar-refractivity contribution in [3.8, 4) is 5.75 Å². The second kappa shape index (κ2) is 5.72. The first-order valence-corrected chi connectivity index (χ1v) is 6.04. The molecule has 0 N–H and O–H groups in total. The summed E-state index contributed by atoms with van der Waals surface area (Å²) < 4.78 is 6.14. The Morgan fingerprint density at radius 3 is 2.76 bits per heavy atom. The van der Waals surface area contributed by atoms with Crippen molar-refractivity contribution in [3.63, 3.8) is 0 Å². The third-order valence-corrected chi connectivity index (χ3v) is 3.00. The first-order chi connectivity index (χ1) is 8.29. The van der Waals surface area contributed by atoms with Crippen molar-refractivity contribution in [1.29, 1.82) is 0 Å². The Morgan fingerprint density at radius 1 is 1.24 bits per heavy atom. The van der Waals surface area contributed by atoms with Crippen LogP contribution in [0.5, 0.6) is 5.75 Å². The van der Waals surface area contributed by atoms with E-state index in [1.165, 1.54) is 5.56 Å². The van der Waals surface area contributed by atoms with Crippen LogP contribution in [0.1, 0.15) is 11.4 Å². The van der Waals surface area contributed by atoms with Crippen molar-refractivity contribution in [2.75, 3.05) is 7.11 Å². The Kier molecular flexibility index (Phi) is 4.03. The summed E-state index contributed by atoms with van der Waals surface area (Å²) >= 11 is 3.46. The average Bonchev–Trinajstić information content (AvgIpc) is 2.38. The molecular weight excluding hydrogens is 282 g/mol. The number of halogens is 1.